The van der Waals surface area contributed by atoms with Crippen molar-refractivity contribution in [2.24, 2.45) is 0 Å². The molecule has 1 atom stereocenters. The number of carboxylic acids is 1. The van der Waals surface area contributed by atoms with E-state index in [4.69, 9.17) is 9.84 Å². The van der Waals surface area contributed by atoms with Crippen molar-refractivity contribution in [3.8, 4) is 5.75 Å². The van der Waals surface area contributed by atoms with E-state index < -0.39 is 18.6 Å². The summed E-state index contributed by atoms with van der Waals surface area (Å²) >= 11 is 0. The number of aliphatic carboxylic acids is 1. The number of rotatable bonds is 4. The third kappa shape index (κ3) is 2.27. The van der Waals surface area contributed by atoms with Gasteiger partial charge in [0.1, 0.15) is 18.3 Å². The second kappa shape index (κ2) is 5.04. The zero-order valence-corrected chi connectivity index (χ0v) is 9.89. The summed E-state index contributed by atoms with van der Waals surface area (Å²) in [5.74, 6) is -1.52. The van der Waals surface area contributed by atoms with Crippen LogP contribution in [0.5, 0.6) is 5.75 Å². The summed E-state index contributed by atoms with van der Waals surface area (Å²) in [7, 11) is 1.58. The topological polar surface area (TPSA) is 46.5 Å². The SMILES string of the molecule is COc1ccc2cc([C@H](CF)C(=O)O)ccc2c1. The summed E-state index contributed by atoms with van der Waals surface area (Å²) in [6, 6.07) is 10.6. The lowest BCUT2D eigenvalue weighted by atomic mass is 9.97. The van der Waals surface area contributed by atoms with Crippen molar-refractivity contribution >= 4 is 16.7 Å². The van der Waals surface area contributed by atoms with E-state index in [0.717, 1.165) is 16.5 Å². The van der Waals surface area contributed by atoms with Crippen LogP contribution in [-0.2, 0) is 4.79 Å². The minimum atomic E-state index is -1.15. The van der Waals surface area contributed by atoms with Crippen molar-refractivity contribution in [2.45, 2.75) is 5.92 Å². The van der Waals surface area contributed by atoms with Crippen molar-refractivity contribution in [1.29, 1.82) is 0 Å². The van der Waals surface area contributed by atoms with Gasteiger partial charge in [0.15, 0.2) is 0 Å². The van der Waals surface area contributed by atoms with Gasteiger partial charge in [-0.3, -0.25) is 4.79 Å². The maximum atomic E-state index is 12.7. The zero-order chi connectivity index (χ0) is 13.1. The van der Waals surface area contributed by atoms with Crippen LogP contribution in [0.2, 0.25) is 0 Å². The lowest BCUT2D eigenvalue weighted by Gasteiger charge is -2.10. The van der Waals surface area contributed by atoms with E-state index in [1.165, 1.54) is 0 Å². The van der Waals surface area contributed by atoms with Gasteiger partial charge in [0.05, 0.1) is 7.11 Å². The van der Waals surface area contributed by atoms with Crippen LogP contribution in [0.25, 0.3) is 10.8 Å². The van der Waals surface area contributed by atoms with Crippen molar-refractivity contribution < 1.29 is 19.0 Å². The highest BCUT2D eigenvalue weighted by Gasteiger charge is 2.19. The molecule has 0 unspecified atom stereocenters. The van der Waals surface area contributed by atoms with Crippen LogP contribution in [0.1, 0.15) is 11.5 Å². The Kier molecular flexibility index (Phi) is 3.46. The lowest BCUT2D eigenvalue weighted by Crippen LogP contribution is -2.13. The molecule has 3 nitrogen and oxygen atoms in total. The molecule has 0 aliphatic carbocycles. The summed E-state index contributed by atoms with van der Waals surface area (Å²) in [6.45, 7) is -0.906. The van der Waals surface area contributed by atoms with Crippen molar-refractivity contribution in [3.63, 3.8) is 0 Å². The molecule has 94 valence electrons. The molecule has 0 radical (unpaired) electrons. The summed E-state index contributed by atoms with van der Waals surface area (Å²) < 4.78 is 17.8. The van der Waals surface area contributed by atoms with Gasteiger partial charge in [-0.15, -0.1) is 0 Å². The molecule has 2 aromatic carbocycles. The number of alkyl halides is 1. The Hall–Kier alpha value is -2.10. The van der Waals surface area contributed by atoms with E-state index in [-0.39, 0.29) is 0 Å². The van der Waals surface area contributed by atoms with Gasteiger partial charge in [-0.2, -0.15) is 0 Å². The van der Waals surface area contributed by atoms with Gasteiger partial charge in [-0.1, -0.05) is 24.3 Å². The standard InChI is InChI=1S/C14H13FO3/c1-18-12-5-4-9-6-11(3-2-10(9)7-12)13(8-15)14(16)17/h2-7,13H,8H2,1H3,(H,16,17)/t13-/m0/s1. The summed E-state index contributed by atoms with van der Waals surface area (Å²) in [6.07, 6.45) is 0. The predicted octanol–water partition coefficient (Wildman–Crippen LogP) is 2.99. The molecule has 1 N–H and O–H groups in total. The molecule has 18 heavy (non-hydrogen) atoms. The Morgan fingerprint density at radius 1 is 1.28 bits per heavy atom. The molecule has 0 aliphatic rings. The number of benzene rings is 2. The van der Waals surface area contributed by atoms with Gasteiger partial charge in [0.25, 0.3) is 0 Å². The molecule has 0 spiro atoms. The Morgan fingerprint density at radius 3 is 2.56 bits per heavy atom. The van der Waals surface area contributed by atoms with E-state index in [1.807, 2.05) is 12.1 Å². The minimum absolute atomic E-state index is 0.475. The van der Waals surface area contributed by atoms with Crippen LogP contribution in [0.3, 0.4) is 0 Å². The van der Waals surface area contributed by atoms with Crippen LogP contribution in [0.15, 0.2) is 36.4 Å². The van der Waals surface area contributed by atoms with Gasteiger partial charge < -0.3 is 9.84 Å². The lowest BCUT2D eigenvalue weighted by molar-refractivity contribution is -0.139. The summed E-state index contributed by atoms with van der Waals surface area (Å²) in [5.41, 5.74) is 0.475. The van der Waals surface area contributed by atoms with E-state index in [0.29, 0.717) is 5.56 Å². The Morgan fingerprint density at radius 2 is 1.94 bits per heavy atom. The van der Waals surface area contributed by atoms with Crippen LogP contribution in [-0.4, -0.2) is 24.9 Å². The molecule has 0 saturated carbocycles. The Balaban J connectivity index is 2.47. The minimum Gasteiger partial charge on any atom is -0.497 e. The fourth-order valence-electron chi connectivity index (χ4n) is 1.88. The highest BCUT2D eigenvalue weighted by molar-refractivity contribution is 5.86. The number of hydrogen-bond acceptors (Lipinski definition) is 2. The van der Waals surface area contributed by atoms with Crippen molar-refractivity contribution in [2.75, 3.05) is 13.8 Å². The van der Waals surface area contributed by atoms with Gasteiger partial charge >= 0.3 is 5.97 Å². The Labute approximate surface area is 104 Å². The van der Waals surface area contributed by atoms with Gasteiger partial charge in [-0.05, 0) is 28.5 Å². The maximum absolute atomic E-state index is 12.7. The number of ether oxygens (including phenoxy) is 1. The normalized spacial score (nSPS) is 12.3. The largest absolute Gasteiger partial charge is 0.497 e. The molecular weight excluding hydrogens is 235 g/mol. The molecule has 0 aliphatic heterocycles. The van der Waals surface area contributed by atoms with E-state index in [2.05, 4.69) is 0 Å². The number of methoxy groups -OCH3 is 1. The Bertz CT molecular complexity index is 580. The van der Waals surface area contributed by atoms with Gasteiger partial charge in [0, 0.05) is 0 Å². The zero-order valence-electron chi connectivity index (χ0n) is 9.89. The van der Waals surface area contributed by atoms with Crippen molar-refractivity contribution in [1.82, 2.24) is 0 Å². The highest BCUT2D eigenvalue weighted by Crippen LogP contribution is 2.25. The number of hydrogen-bond donors (Lipinski definition) is 1. The first-order chi connectivity index (χ1) is 8.65. The number of carboxylic acid groups (broad SMARTS) is 1. The average molecular weight is 248 g/mol. The molecule has 0 fully saturated rings. The van der Waals surface area contributed by atoms with Crippen LogP contribution < -0.4 is 4.74 Å². The first-order valence-electron chi connectivity index (χ1n) is 5.52. The third-order valence-corrected chi connectivity index (χ3v) is 2.93. The molecule has 0 aromatic heterocycles. The molecular formula is C14H13FO3. The fraction of sp³-hybridized carbons (Fsp3) is 0.214. The van der Waals surface area contributed by atoms with Crippen LogP contribution in [0, 0.1) is 0 Å². The van der Waals surface area contributed by atoms with E-state index in [1.54, 1.807) is 31.4 Å². The molecule has 0 heterocycles. The van der Waals surface area contributed by atoms with Crippen LogP contribution in [0.4, 0.5) is 4.39 Å². The fourth-order valence-corrected chi connectivity index (χ4v) is 1.88. The summed E-state index contributed by atoms with van der Waals surface area (Å²) in [4.78, 5) is 10.9. The molecule has 0 bridgehead atoms. The second-order valence-corrected chi connectivity index (χ2v) is 4.02. The first-order valence-corrected chi connectivity index (χ1v) is 5.52. The maximum Gasteiger partial charge on any atom is 0.313 e. The second-order valence-electron chi connectivity index (χ2n) is 4.02. The van der Waals surface area contributed by atoms with Crippen LogP contribution >= 0.6 is 0 Å². The third-order valence-electron chi connectivity index (χ3n) is 2.93. The molecule has 2 aromatic rings. The highest BCUT2D eigenvalue weighted by atomic mass is 19.1. The van der Waals surface area contributed by atoms with E-state index in [9.17, 15) is 9.18 Å². The monoisotopic (exact) mass is 248 g/mol. The van der Waals surface area contributed by atoms with Crippen molar-refractivity contribution in [3.05, 3.63) is 42.0 Å². The van der Waals surface area contributed by atoms with Gasteiger partial charge in [0.2, 0.25) is 0 Å². The summed E-state index contributed by atoms with van der Waals surface area (Å²) in [5, 5.41) is 10.7. The molecule has 0 saturated heterocycles. The predicted molar refractivity (Wildman–Crippen MR) is 66.9 cm³/mol. The van der Waals surface area contributed by atoms with Gasteiger partial charge in [-0.25, -0.2) is 4.39 Å². The molecule has 2 rings (SSSR count). The molecule has 0 amide bonds. The molecule has 4 heteroatoms. The number of fused-ring (bicyclic) bond motifs is 1. The average Bonchev–Trinajstić information content (AvgIpc) is 2.38. The quantitative estimate of drug-likeness (QED) is 0.904. The first kappa shape index (κ1) is 12.4. The number of carbonyl (C=O) groups is 1. The smallest absolute Gasteiger partial charge is 0.313 e. The van der Waals surface area contributed by atoms with E-state index >= 15 is 0 Å². The number of halogens is 1.